The van der Waals surface area contributed by atoms with Gasteiger partial charge in [0.05, 0.1) is 5.56 Å². The van der Waals surface area contributed by atoms with E-state index in [9.17, 15) is 4.79 Å². The predicted molar refractivity (Wildman–Crippen MR) is 80.6 cm³/mol. The Kier molecular flexibility index (Phi) is 4.94. The van der Waals surface area contributed by atoms with Crippen molar-refractivity contribution in [1.29, 1.82) is 0 Å². The van der Waals surface area contributed by atoms with E-state index in [0.29, 0.717) is 17.7 Å². The zero-order valence-electron chi connectivity index (χ0n) is 11.1. The van der Waals surface area contributed by atoms with Crippen molar-refractivity contribution in [2.45, 2.75) is 13.5 Å². The Morgan fingerprint density at radius 2 is 2.25 bits per heavy atom. The molecule has 4 heteroatoms. The molecule has 1 amide bonds. The maximum Gasteiger partial charge on any atom is 0.252 e. The quantitative estimate of drug-likeness (QED) is 0.850. The Hall–Kier alpha value is -2.09. The van der Waals surface area contributed by atoms with Gasteiger partial charge >= 0.3 is 0 Å². The minimum absolute atomic E-state index is 0.151. The van der Waals surface area contributed by atoms with Crippen molar-refractivity contribution in [3.8, 4) is 11.8 Å². The predicted octanol–water partition coefficient (Wildman–Crippen LogP) is 2.33. The maximum absolute atomic E-state index is 12.2. The largest absolute Gasteiger partial charge is 0.384 e. The molecule has 2 rings (SSSR count). The molecule has 0 spiro atoms. The van der Waals surface area contributed by atoms with Crippen molar-refractivity contribution < 1.29 is 9.90 Å². The molecule has 0 fully saturated rings. The molecule has 0 unspecified atom stereocenters. The number of rotatable bonds is 3. The molecule has 1 aromatic carbocycles. The van der Waals surface area contributed by atoms with Crippen LogP contribution in [0.4, 0.5) is 0 Å². The molecule has 0 saturated heterocycles. The first-order valence-corrected chi connectivity index (χ1v) is 7.14. The monoisotopic (exact) mass is 285 g/mol. The van der Waals surface area contributed by atoms with Crippen molar-refractivity contribution >= 4 is 17.2 Å². The second kappa shape index (κ2) is 6.90. The van der Waals surface area contributed by atoms with Crippen LogP contribution in [0.25, 0.3) is 0 Å². The van der Waals surface area contributed by atoms with E-state index in [1.807, 2.05) is 35.9 Å². The summed E-state index contributed by atoms with van der Waals surface area (Å²) in [5.74, 6) is 5.23. The van der Waals surface area contributed by atoms with E-state index in [0.717, 1.165) is 11.1 Å². The molecule has 1 aromatic heterocycles. The average molecular weight is 285 g/mol. The second-order valence-corrected chi connectivity index (χ2v) is 5.10. The Labute approximate surface area is 122 Å². The third kappa shape index (κ3) is 3.70. The van der Waals surface area contributed by atoms with Crippen molar-refractivity contribution in [2.75, 3.05) is 6.61 Å². The average Bonchev–Trinajstić information content (AvgIpc) is 2.96. The minimum Gasteiger partial charge on any atom is -0.384 e. The molecule has 0 bridgehead atoms. The zero-order valence-corrected chi connectivity index (χ0v) is 12.0. The smallest absolute Gasteiger partial charge is 0.252 e. The van der Waals surface area contributed by atoms with Gasteiger partial charge in [-0.1, -0.05) is 23.5 Å². The highest BCUT2D eigenvalue weighted by Crippen LogP contribution is 2.12. The van der Waals surface area contributed by atoms with Crippen LogP contribution in [-0.2, 0) is 6.54 Å². The van der Waals surface area contributed by atoms with Gasteiger partial charge in [-0.25, -0.2) is 0 Å². The fourth-order valence-corrected chi connectivity index (χ4v) is 2.43. The Bertz CT molecular complexity index is 651. The minimum atomic E-state index is -0.218. The molecule has 0 aliphatic carbocycles. The van der Waals surface area contributed by atoms with E-state index in [1.165, 1.54) is 0 Å². The maximum atomic E-state index is 12.2. The fraction of sp³-hybridized carbons (Fsp3) is 0.188. The second-order valence-electron chi connectivity index (χ2n) is 4.32. The Balaban J connectivity index is 2.17. The van der Waals surface area contributed by atoms with Crippen LogP contribution < -0.4 is 5.32 Å². The topological polar surface area (TPSA) is 49.3 Å². The highest BCUT2D eigenvalue weighted by Gasteiger charge is 2.10. The summed E-state index contributed by atoms with van der Waals surface area (Å²) in [5.41, 5.74) is 3.26. The zero-order chi connectivity index (χ0) is 14.4. The lowest BCUT2D eigenvalue weighted by Crippen LogP contribution is -2.23. The van der Waals surface area contributed by atoms with Gasteiger partial charge in [-0.3, -0.25) is 4.79 Å². The fourth-order valence-electron chi connectivity index (χ4n) is 1.76. The van der Waals surface area contributed by atoms with Gasteiger partial charge in [0.15, 0.2) is 0 Å². The number of aliphatic hydroxyl groups is 1. The summed E-state index contributed by atoms with van der Waals surface area (Å²) in [5, 5.41) is 15.6. The van der Waals surface area contributed by atoms with Crippen LogP contribution in [-0.4, -0.2) is 17.6 Å². The molecule has 20 heavy (non-hydrogen) atoms. The first-order valence-electron chi connectivity index (χ1n) is 6.20. The number of carbonyl (C=O) groups excluding carboxylic acids is 1. The highest BCUT2D eigenvalue weighted by molar-refractivity contribution is 7.07. The lowest BCUT2D eigenvalue weighted by Gasteiger charge is -2.07. The van der Waals surface area contributed by atoms with Crippen LogP contribution in [0.15, 0.2) is 35.0 Å². The Morgan fingerprint density at radius 3 is 2.95 bits per heavy atom. The number of hydrogen-bond donors (Lipinski definition) is 2. The van der Waals surface area contributed by atoms with E-state index >= 15 is 0 Å². The number of nitrogens with one attached hydrogen (secondary N) is 1. The van der Waals surface area contributed by atoms with Crippen molar-refractivity contribution in [1.82, 2.24) is 5.32 Å². The summed E-state index contributed by atoms with van der Waals surface area (Å²) >= 11 is 1.60. The lowest BCUT2D eigenvalue weighted by atomic mass is 10.0. The normalized spacial score (nSPS) is 9.70. The highest BCUT2D eigenvalue weighted by atomic mass is 32.1. The van der Waals surface area contributed by atoms with Gasteiger partial charge in [-0.15, -0.1) is 0 Å². The molecule has 3 nitrogen and oxygen atoms in total. The van der Waals surface area contributed by atoms with Crippen LogP contribution in [0.2, 0.25) is 0 Å². The molecule has 0 radical (unpaired) electrons. The summed E-state index contributed by atoms with van der Waals surface area (Å²) in [4.78, 5) is 12.2. The van der Waals surface area contributed by atoms with E-state index in [-0.39, 0.29) is 12.5 Å². The molecular weight excluding hydrogens is 270 g/mol. The van der Waals surface area contributed by atoms with E-state index in [4.69, 9.17) is 5.11 Å². The number of hydrogen-bond acceptors (Lipinski definition) is 3. The van der Waals surface area contributed by atoms with Gasteiger partial charge in [0.25, 0.3) is 5.91 Å². The van der Waals surface area contributed by atoms with Gasteiger partial charge in [0, 0.05) is 12.1 Å². The summed E-state index contributed by atoms with van der Waals surface area (Å²) in [6.07, 6.45) is 0. The number of aliphatic hydroxyl groups excluding tert-OH is 1. The summed E-state index contributed by atoms with van der Waals surface area (Å²) in [6.45, 7) is 2.21. The van der Waals surface area contributed by atoms with Gasteiger partial charge in [0.2, 0.25) is 0 Å². The van der Waals surface area contributed by atoms with E-state index < -0.39 is 0 Å². The first kappa shape index (κ1) is 14.3. The summed E-state index contributed by atoms with van der Waals surface area (Å²) < 4.78 is 0. The lowest BCUT2D eigenvalue weighted by molar-refractivity contribution is 0.0950. The molecule has 102 valence electrons. The third-order valence-electron chi connectivity index (χ3n) is 2.75. The van der Waals surface area contributed by atoms with Crippen molar-refractivity contribution in [2.24, 2.45) is 0 Å². The van der Waals surface area contributed by atoms with Gasteiger partial charge < -0.3 is 10.4 Å². The van der Waals surface area contributed by atoms with Gasteiger partial charge in [-0.05, 0) is 41.4 Å². The van der Waals surface area contributed by atoms with Crippen LogP contribution in [0.5, 0.6) is 0 Å². The van der Waals surface area contributed by atoms with Crippen molar-refractivity contribution in [3.05, 3.63) is 57.3 Å². The molecule has 2 aromatic rings. The molecule has 0 aliphatic heterocycles. The van der Waals surface area contributed by atoms with Crippen LogP contribution in [0, 0.1) is 18.8 Å². The van der Waals surface area contributed by atoms with Crippen LogP contribution >= 0.6 is 11.3 Å². The Morgan fingerprint density at radius 1 is 1.40 bits per heavy atom. The number of aryl methyl sites for hydroxylation is 1. The third-order valence-corrected chi connectivity index (χ3v) is 3.49. The number of amides is 1. The standard InChI is InChI=1S/C16H15NO2S/c1-12-4-5-14(3-2-7-18)15(9-12)16(19)17-10-13-6-8-20-11-13/h4-6,8-9,11,18H,7,10H2,1H3,(H,17,19). The number of carbonyl (C=O) groups is 1. The molecule has 0 saturated carbocycles. The van der Waals surface area contributed by atoms with Gasteiger partial charge in [0.1, 0.15) is 6.61 Å². The van der Waals surface area contributed by atoms with Crippen LogP contribution in [0.3, 0.4) is 0 Å². The molecule has 1 heterocycles. The number of thiophene rings is 1. The molecular formula is C16H15NO2S. The first-order chi connectivity index (χ1) is 9.70. The number of benzene rings is 1. The summed E-state index contributed by atoms with van der Waals surface area (Å²) in [7, 11) is 0. The van der Waals surface area contributed by atoms with E-state index in [2.05, 4.69) is 17.2 Å². The van der Waals surface area contributed by atoms with Crippen LogP contribution in [0.1, 0.15) is 27.0 Å². The molecule has 2 N–H and O–H groups in total. The SMILES string of the molecule is Cc1ccc(C#CCO)c(C(=O)NCc2ccsc2)c1. The molecule has 0 atom stereocenters. The van der Waals surface area contributed by atoms with Gasteiger partial charge in [-0.2, -0.15) is 11.3 Å². The van der Waals surface area contributed by atoms with E-state index in [1.54, 1.807) is 17.4 Å². The molecule has 0 aliphatic rings. The van der Waals surface area contributed by atoms with Crippen molar-refractivity contribution in [3.63, 3.8) is 0 Å². The summed E-state index contributed by atoms with van der Waals surface area (Å²) in [6, 6.07) is 7.49.